The van der Waals surface area contributed by atoms with Gasteiger partial charge >= 0.3 is 0 Å². The van der Waals surface area contributed by atoms with Gasteiger partial charge in [-0.1, -0.05) is 26.2 Å². The van der Waals surface area contributed by atoms with Crippen LogP contribution in [0.3, 0.4) is 0 Å². The number of rotatable bonds is 3. The molecule has 2 N–H and O–H groups in total. The Kier molecular flexibility index (Phi) is 4.36. The fourth-order valence-electron chi connectivity index (χ4n) is 3.97. The number of hydrogen-bond donors (Lipinski definition) is 1. The second kappa shape index (κ2) is 6.09. The van der Waals surface area contributed by atoms with Gasteiger partial charge in [-0.05, 0) is 42.7 Å². The smallest absolute Gasteiger partial charge is 0.224 e. The van der Waals surface area contributed by atoms with Gasteiger partial charge in [-0.3, -0.25) is 4.79 Å². The molecule has 2 heterocycles. The molecule has 1 unspecified atom stereocenters. The third-order valence-electron chi connectivity index (χ3n) is 5.15. The van der Waals surface area contributed by atoms with Crippen molar-refractivity contribution in [3.63, 3.8) is 0 Å². The Morgan fingerprint density at radius 1 is 1.43 bits per heavy atom. The first kappa shape index (κ1) is 15.0. The molecule has 1 saturated carbocycles. The van der Waals surface area contributed by atoms with E-state index < -0.39 is 0 Å². The molecule has 2 aliphatic rings. The number of carbonyl (C=O) groups excluding carboxylic acids is 1. The Morgan fingerprint density at radius 3 is 2.90 bits per heavy atom. The highest BCUT2D eigenvalue weighted by molar-refractivity contribution is 7.10. The topological polar surface area (TPSA) is 46.3 Å². The molecule has 0 saturated heterocycles. The van der Waals surface area contributed by atoms with Crippen LogP contribution in [0.15, 0.2) is 11.4 Å². The third-order valence-corrected chi connectivity index (χ3v) is 6.15. The summed E-state index contributed by atoms with van der Waals surface area (Å²) >= 11 is 1.83. The lowest BCUT2D eigenvalue weighted by Gasteiger charge is -2.39. The Labute approximate surface area is 131 Å². The van der Waals surface area contributed by atoms with Gasteiger partial charge in [-0.25, -0.2) is 0 Å². The van der Waals surface area contributed by atoms with Crippen LogP contribution in [0.1, 0.15) is 68.4 Å². The average Bonchev–Trinajstić information content (AvgIpc) is 2.94. The van der Waals surface area contributed by atoms with E-state index in [4.69, 9.17) is 5.73 Å². The second-order valence-electron chi connectivity index (χ2n) is 6.66. The summed E-state index contributed by atoms with van der Waals surface area (Å²) < 4.78 is 0. The molecule has 0 spiro atoms. The number of carbonyl (C=O) groups is 1. The monoisotopic (exact) mass is 306 g/mol. The minimum absolute atomic E-state index is 0.247. The van der Waals surface area contributed by atoms with Crippen molar-refractivity contribution in [1.82, 2.24) is 4.90 Å². The first-order valence-electron chi connectivity index (χ1n) is 8.27. The molecule has 0 radical (unpaired) electrons. The van der Waals surface area contributed by atoms with Gasteiger partial charge in [0.1, 0.15) is 0 Å². The highest BCUT2D eigenvalue weighted by Crippen LogP contribution is 2.37. The third kappa shape index (κ3) is 3.02. The molecule has 3 rings (SSSR count). The van der Waals surface area contributed by atoms with E-state index in [0.717, 1.165) is 32.2 Å². The van der Waals surface area contributed by atoms with Crippen molar-refractivity contribution in [3.8, 4) is 0 Å². The quantitative estimate of drug-likeness (QED) is 0.927. The minimum atomic E-state index is -0.247. The highest BCUT2D eigenvalue weighted by atomic mass is 32.1. The van der Waals surface area contributed by atoms with E-state index in [-0.39, 0.29) is 17.5 Å². The van der Waals surface area contributed by atoms with E-state index in [1.807, 2.05) is 11.3 Å². The zero-order chi connectivity index (χ0) is 14.9. The fraction of sp³-hybridized carbons (Fsp3) is 0.706. The number of fused-ring (bicyclic) bond motifs is 1. The summed E-state index contributed by atoms with van der Waals surface area (Å²) in [5, 5.41) is 2.16. The van der Waals surface area contributed by atoms with E-state index in [0.29, 0.717) is 6.42 Å². The minimum Gasteiger partial charge on any atom is -0.335 e. The van der Waals surface area contributed by atoms with E-state index in [1.54, 1.807) is 0 Å². The maximum absolute atomic E-state index is 12.8. The van der Waals surface area contributed by atoms with E-state index in [9.17, 15) is 4.79 Å². The molecule has 0 bridgehead atoms. The van der Waals surface area contributed by atoms with Crippen LogP contribution in [-0.2, 0) is 11.2 Å². The van der Waals surface area contributed by atoms with Gasteiger partial charge < -0.3 is 10.6 Å². The molecule has 116 valence electrons. The molecule has 21 heavy (non-hydrogen) atoms. The Hall–Kier alpha value is -0.870. The second-order valence-corrected chi connectivity index (χ2v) is 7.66. The van der Waals surface area contributed by atoms with Crippen LogP contribution in [0.5, 0.6) is 0 Å². The lowest BCUT2D eigenvalue weighted by Crippen LogP contribution is -2.48. The molecule has 4 heteroatoms. The van der Waals surface area contributed by atoms with Gasteiger partial charge in [0.25, 0.3) is 0 Å². The lowest BCUT2D eigenvalue weighted by molar-refractivity contribution is -0.135. The predicted octanol–water partition coefficient (Wildman–Crippen LogP) is 3.64. The van der Waals surface area contributed by atoms with E-state index in [2.05, 4.69) is 23.3 Å². The van der Waals surface area contributed by atoms with Crippen LogP contribution >= 0.6 is 11.3 Å². The van der Waals surface area contributed by atoms with Crippen molar-refractivity contribution >= 4 is 17.2 Å². The van der Waals surface area contributed by atoms with Crippen LogP contribution in [0.4, 0.5) is 0 Å². The zero-order valence-electron chi connectivity index (χ0n) is 12.9. The predicted molar refractivity (Wildman–Crippen MR) is 87.4 cm³/mol. The summed E-state index contributed by atoms with van der Waals surface area (Å²) in [5.41, 5.74) is 7.61. The van der Waals surface area contributed by atoms with Crippen molar-refractivity contribution in [2.45, 2.75) is 69.9 Å². The first-order valence-corrected chi connectivity index (χ1v) is 9.15. The van der Waals surface area contributed by atoms with Crippen molar-refractivity contribution in [2.24, 2.45) is 5.73 Å². The Morgan fingerprint density at radius 2 is 2.19 bits per heavy atom. The van der Waals surface area contributed by atoms with E-state index >= 15 is 0 Å². The number of nitrogens with two attached hydrogens (primary N) is 1. The van der Waals surface area contributed by atoms with Crippen molar-refractivity contribution in [3.05, 3.63) is 21.9 Å². The molecule has 1 atom stereocenters. The molecule has 1 aromatic heterocycles. The van der Waals surface area contributed by atoms with Crippen LogP contribution in [0.2, 0.25) is 0 Å². The van der Waals surface area contributed by atoms with Gasteiger partial charge in [-0.15, -0.1) is 11.3 Å². The number of thiophene rings is 1. The fourth-order valence-corrected chi connectivity index (χ4v) is 4.90. The number of amides is 1. The van der Waals surface area contributed by atoms with Crippen LogP contribution in [0.25, 0.3) is 0 Å². The van der Waals surface area contributed by atoms with Gasteiger partial charge in [0, 0.05) is 23.4 Å². The molecule has 1 aliphatic heterocycles. The zero-order valence-corrected chi connectivity index (χ0v) is 13.8. The van der Waals surface area contributed by atoms with Crippen molar-refractivity contribution in [1.29, 1.82) is 0 Å². The van der Waals surface area contributed by atoms with Crippen molar-refractivity contribution in [2.75, 3.05) is 6.54 Å². The summed E-state index contributed by atoms with van der Waals surface area (Å²) in [5.74, 6) is 0.267. The molecule has 0 aromatic carbocycles. The summed E-state index contributed by atoms with van der Waals surface area (Å²) in [6.07, 6.45) is 8.17. The van der Waals surface area contributed by atoms with Gasteiger partial charge in [0.15, 0.2) is 0 Å². The summed E-state index contributed by atoms with van der Waals surface area (Å²) in [7, 11) is 0. The van der Waals surface area contributed by atoms with Crippen LogP contribution in [-0.4, -0.2) is 22.9 Å². The Bertz CT molecular complexity index is 505. The van der Waals surface area contributed by atoms with Crippen LogP contribution in [0, 0.1) is 0 Å². The molecular weight excluding hydrogens is 280 g/mol. The van der Waals surface area contributed by atoms with Crippen molar-refractivity contribution < 1.29 is 4.79 Å². The number of hydrogen-bond acceptors (Lipinski definition) is 3. The van der Waals surface area contributed by atoms with Gasteiger partial charge in [-0.2, -0.15) is 0 Å². The van der Waals surface area contributed by atoms with Gasteiger partial charge in [0.2, 0.25) is 5.91 Å². The summed E-state index contributed by atoms with van der Waals surface area (Å²) in [6.45, 7) is 3.04. The molecular formula is C17H26N2OS. The maximum atomic E-state index is 12.8. The molecule has 3 nitrogen and oxygen atoms in total. The summed E-state index contributed by atoms with van der Waals surface area (Å²) in [6, 6.07) is 2.46. The molecule has 1 amide bonds. The Balaban J connectivity index is 1.72. The van der Waals surface area contributed by atoms with Crippen LogP contribution < -0.4 is 5.73 Å². The largest absolute Gasteiger partial charge is 0.335 e. The first-order chi connectivity index (χ1) is 10.1. The van der Waals surface area contributed by atoms with E-state index in [1.165, 1.54) is 29.7 Å². The molecule has 1 aliphatic carbocycles. The SMILES string of the molecule is CCC1c2ccsc2CCN1C(=O)CC1(N)CCCCC1. The normalized spacial score (nSPS) is 24.7. The molecule has 1 fully saturated rings. The number of nitrogens with zero attached hydrogens (tertiary/aromatic N) is 1. The summed E-state index contributed by atoms with van der Waals surface area (Å²) in [4.78, 5) is 16.4. The highest BCUT2D eigenvalue weighted by Gasteiger charge is 2.35. The van der Waals surface area contributed by atoms with Gasteiger partial charge in [0.05, 0.1) is 6.04 Å². The lowest BCUT2D eigenvalue weighted by atomic mass is 9.79. The molecule has 1 aromatic rings. The maximum Gasteiger partial charge on any atom is 0.224 e. The average molecular weight is 306 g/mol. The standard InChI is InChI=1S/C17H26N2OS/c1-2-14-13-7-11-21-15(13)6-10-19(14)16(20)12-17(18)8-4-3-5-9-17/h7,11,14H,2-6,8-10,12,18H2,1H3.